The molecule has 2 heterocycles. The van der Waals surface area contributed by atoms with Gasteiger partial charge in [-0.2, -0.15) is 0 Å². The van der Waals surface area contributed by atoms with Gasteiger partial charge in [-0.05, 0) is 58.7 Å². The van der Waals surface area contributed by atoms with Crippen LogP contribution in [-0.4, -0.2) is 19.2 Å². The van der Waals surface area contributed by atoms with Gasteiger partial charge in [-0.15, -0.1) is 0 Å². The van der Waals surface area contributed by atoms with Crippen molar-refractivity contribution >= 4 is 38.4 Å². The van der Waals surface area contributed by atoms with E-state index in [0.717, 1.165) is 26.5 Å². The Bertz CT molecular complexity index is 1590. The van der Waals surface area contributed by atoms with Crippen molar-refractivity contribution in [1.29, 1.82) is 0 Å². The summed E-state index contributed by atoms with van der Waals surface area (Å²) < 4.78 is 4.34. The van der Waals surface area contributed by atoms with Crippen LogP contribution >= 0.6 is 27.5 Å². The summed E-state index contributed by atoms with van der Waals surface area (Å²) in [6.07, 6.45) is 3.32. The molecule has 2 aromatic heterocycles. The highest BCUT2D eigenvalue weighted by Crippen LogP contribution is 2.39. The van der Waals surface area contributed by atoms with Gasteiger partial charge in [0.2, 0.25) is 0 Å². The lowest BCUT2D eigenvalue weighted by Gasteiger charge is -2.30. The van der Waals surface area contributed by atoms with Crippen LogP contribution in [0.2, 0.25) is 5.02 Å². The van der Waals surface area contributed by atoms with E-state index < -0.39 is 5.60 Å². The zero-order valence-corrected chi connectivity index (χ0v) is 20.9. The third-order valence-electron chi connectivity index (χ3n) is 6.25. The Morgan fingerprint density at radius 2 is 1.71 bits per heavy atom. The molecular formula is C27H21BrClN3O2. The van der Waals surface area contributed by atoms with Crippen LogP contribution in [-0.2, 0) is 19.7 Å². The number of fused-ring (bicyclic) bond motifs is 1. The Kier molecular flexibility index (Phi) is 5.68. The molecule has 5 rings (SSSR count). The lowest BCUT2D eigenvalue weighted by Crippen LogP contribution is -2.31. The number of benzene rings is 3. The van der Waals surface area contributed by atoms with Gasteiger partial charge < -0.3 is 14.2 Å². The van der Waals surface area contributed by atoms with Crippen molar-refractivity contribution in [3.63, 3.8) is 0 Å². The van der Waals surface area contributed by atoms with Crippen molar-refractivity contribution in [2.24, 2.45) is 14.1 Å². The molecule has 0 saturated carbocycles. The first-order chi connectivity index (χ1) is 16.3. The normalized spacial score (nSPS) is 13.2. The van der Waals surface area contributed by atoms with Crippen molar-refractivity contribution in [3.05, 3.63) is 122 Å². The van der Waals surface area contributed by atoms with E-state index in [4.69, 9.17) is 11.6 Å². The second-order valence-corrected chi connectivity index (χ2v) is 9.66. The van der Waals surface area contributed by atoms with Gasteiger partial charge in [-0.1, -0.05) is 57.9 Å². The summed E-state index contributed by atoms with van der Waals surface area (Å²) in [7, 11) is 3.60. The zero-order chi connectivity index (χ0) is 24.0. The lowest BCUT2D eigenvalue weighted by molar-refractivity contribution is 0.117. The molecule has 0 radical (unpaired) electrons. The molecule has 1 atom stereocenters. The fourth-order valence-corrected chi connectivity index (χ4v) is 4.97. The van der Waals surface area contributed by atoms with E-state index in [0.29, 0.717) is 21.8 Å². The molecule has 0 saturated heterocycles. The Balaban J connectivity index is 1.84. The summed E-state index contributed by atoms with van der Waals surface area (Å²) in [6.45, 7) is 0. The number of imidazole rings is 1. The molecule has 5 aromatic rings. The molecule has 7 heteroatoms. The highest BCUT2D eigenvalue weighted by atomic mass is 79.9. The molecule has 34 heavy (non-hydrogen) atoms. The standard InChI is InChI=1S/C27H21BrClN3O2/c1-31-16-30-15-25(31)27(34,18-6-9-21(29)10-7-18)19-8-11-24-23(13-19)22(14-26(33)32(24)2)17-4-3-5-20(28)12-17/h3-16,34H,1-2H3. The van der Waals surface area contributed by atoms with Crippen LogP contribution in [0.15, 0.2) is 94.6 Å². The molecule has 0 aliphatic carbocycles. The number of aryl methyl sites for hydroxylation is 2. The number of aliphatic hydroxyl groups is 1. The number of rotatable bonds is 4. The average molecular weight is 535 g/mol. The monoisotopic (exact) mass is 533 g/mol. The van der Waals surface area contributed by atoms with E-state index in [1.807, 2.05) is 61.6 Å². The second kappa shape index (κ2) is 8.55. The van der Waals surface area contributed by atoms with Crippen LogP contribution in [0.25, 0.3) is 22.0 Å². The maximum absolute atomic E-state index is 12.8. The molecule has 0 aliphatic rings. The van der Waals surface area contributed by atoms with E-state index in [9.17, 15) is 9.90 Å². The topological polar surface area (TPSA) is 60.0 Å². The van der Waals surface area contributed by atoms with Crippen molar-refractivity contribution in [1.82, 2.24) is 14.1 Å². The Hall–Kier alpha value is -3.19. The van der Waals surface area contributed by atoms with E-state index in [1.165, 1.54) is 0 Å². The number of hydrogen-bond acceptors (Lipinski definition) is 3. The van der Waals surface area contributed by atoms with Crippen LogP contribution in [0.5, 0.6) is 0 Å². The summed E-state index contributed by atoms with van der Waals surface area (Å²) in [4.78, 5) is 17.0. The lowest BCUT2D eigenvalue weighted by atomic mass is 9.82. The molecule has 0 fully saturated rings. The fraction of sp³-hybridized carbons (Fsp3) is 0.111. The smallest absolute Gasteiger partial charge is 0.251 e. The minimum Gasteiger partial charge on any atom is -0.374 e. The van der Waals surface area contributed by atoms with Gasteiger partial charge in [0, 0.05) is 35.0 Å². The molecule has 0 spiro atoms. The molecule has 0 aliphatic heterocycles. The van der Waals surface area contributed by atoms with Crippen molar-refractivity contribution in [2.45, 2.75) is 5.60 Å². The van der Waals surface area contributed by atoms with Crippen molar-refractivity contribution in [2.75, 3.05) is 0 Å². The zero-order valence-electron chi connectivity index (χ0n) is 18.5. The van der Waals surface area contributed by atoms with Gasteiger partial charge in [0.25, 0.3) is 5.56 Å². The predicted molar refractivity (Wildman–Crippen MR) is 139 cm³/mol. The number of hydrogen-bond donors (Lipinski definition) is 1. The fourth-order valence-electron chi connectivity index (χ4n) is 4.44. The van der Waals surface area contributed by atoms with Gasteiger partial charge >= 0.3 is 0 Å². The molecule has 1 N–H and O–H groups in total. The van der Waals surface area contributed by atoms with Gasteiger partial charge in [0.05, 0.1) is 23.7 Å². The molecular weight excluding hydrogens is 514 g/mol. The summed E-state index contributed by atoms with van der Waals surface area (Å²) in [5.41, 5.74) is 2.81. The first-order valence-corrected chi connectivity index (χ1v) is 11.8. The first kappa shape index (κ1) is 22.6. The van der Waals surface area contributed by atoms with E-state index >= 15 is 0 Å². The van der Waals surface area contributed by atoms with Gasteiger partial charge in [0.1, 0.15) is 0 Å². The largest absolute Gasteiger partial charge is 0.374 e. The highest BCUT2D eigenvalue weighted by Gasteiger charge is 2.37. The van der Waals surface area contributed by atoms with Gasteiger partial charge in [0.15, 0.2) is 5.60 Å². The average Bonchev–Trinajstić information content (AvgIpc) is 3.27. The molecule has 5 nitrogen and oxygen atoms in total. The summed E-state index contributed by atoms with van der Waals surface area (Å²) in [5, 5.41) is 13.7. The number of halogens is 2. The van der Waals surface area contributed by atoms with E-state index in [1.54, 1.807) is 46.9 Å². The summed E-state index contributed by atoms with van der Waals surface area (Å²) >= 11 is 9.67. The molecule has 0 bridgehead atoms. The first-order valence-electron chi connectivity index (χ1n) is 10.6. The quantitative estimate of drug-likeness (QED) is 0.325. The van der Waals surface area contributed by atoms with Crippen LogP contribution in [0.4, 0.5) is 0 Å². The Morgan fingerprint density at radius 3 is 2.38 bits per heavy atom. The summed E-state index contributed by atoms with van der Waals surface area (Å²) in [5.74, 6) is 0. The predicted octanol–water partition coefficient (Wildman–Crippen LogP) is 5.64. The number of pyridine rings is 1. The number of nitrogens with zero attached hydrogens (tertiary/aromatic N) is 3. The van der Waals surface area contributed by atoms with Crippen molar-refractivity contribution < 1.29 is 5.11 Å². The number of aromatic nitrogens is 3. The maximum atomic E-state index is 12.8. The molecule has 3 aromatic carbocycles. The third kappa shape index (κ3) is 3.68. The molecule has 1 unspecified atom stereocenters. The molecule has 170 valence electrons. The van der Waals surface area contributed by atoms with E-state index in [2.05, 4.69) is 20.9 Å². The Morgan fingerprint density at radius 1 is 0.971 bits per heavy atom. The van der Waals surface area contributed by atoms with Crippen molar-refractivity contribution in [3.8, 4) is 11.1 Å². The van der Waals surface area contributed by atoms with E-state index in [-0.39, 0.29) is 5.56 Å². The maximum Gasteiger partial charge on any atom is 0.251 e. The minimum atomic E-state index is -1.49. The third-order valence-corrected chi connectivity index (χ3v) is 6.99. The Labute approximate surface area is 210 Å². The van der Waals surface area contributed by atoms with Crippen LogP contribution in [0.1, 0.15) is 16.8 Å². The SMILES string of the molecule is Cn1cncc1C(O)(c1ccc(Cl)cc1)c1ccc2c(c1)c(-c1cccc(Br)c1)cc(=O)n2C. The van der Waals surface area contributed by atoms with Gasteiger partial charge in [-0.3, -0.25) is 4.79 Å². The molecule has 0 amide bonds. The van der Waals surface area contributed by atoms with Gasteiger partial charge in [-0.25, -0.2) is 4.98 Å². The van der Waals surface area contributed by atoms with Crippen LogP contribution < -0.4 is 5.56 Å². The second-order valence-electron chi connectivity index (χ2n) is 8.30. The van der Waals surface area contributed by atoms with Crippen LogP contribution in [0.3, 0.4) is 0 Å². The minimum absolute atomic E-state index is 0.102. The van der Waals surface area contributed by atoms with Crippen LogP contribution in [0, 0.1) is 0 Å². The highest BCUT2D eigenvalue weighted by molar-refractivity contribution is 9.10. The summed E-state index contributed by atoms with van der Waals surface area (Å²) in [6, 6.07) is 22.3.